The summed E-state index contributed by atoms with van der Waals surface area (Å²) in [7, 11) is -0.758. The average Bonchev–Trinajstić information content (AvgIpc) is 3.75. The number of hydrogen-bond donors (Lipinski definition) is 0. The minimum absolute atomic E-state index is 0. The van der Waals surface area contributed by atoms with Crippen LogP contribution in [0.2, 0.25) is 18.1 Å². The van der Waals surface area contributed by atoms with Gasteiger partial charge in [0.25, 0.3) is 0 Å². The van der Waals surface area contributed by atoms with Crippen LogP contribution in [0.4, 0.5) is 0 Å². The minimum atomic E-state index is -1.67. The quantitative estimate of drug-likeness (QED) is 0.0217. The molecule has 0 N–H and O–H groups in total. The first kappa shape index (κ1) is 67.0. The number of esters is 1. The number of carbonyl (C=O) groups excluding carboxylic acids is 1. The summed E-state index contributed by atoms with van der Waals surface area (Å²) in [6.07, 6.45) is 20.2. The van der Waals surface area contributed by atoms with Gasteiger partial charge in [0.1, 0.15) is 0 Å². The molecule has 1 aliphatic heterocycles. The third-order valence-corrected chi connectivity index (χ3v) is 15.7. The molecule has 0 radical (unpaired) electrons. The number of rotatable bonds is 15. The molecule has 4 rings (SSSR count). The van der Waals surface area contributed by atoms with Crippen molar-refractivity contribution in [2.45, 2.75) is 90.1 Å². The van der Waals surface area contributed by atoms with Crippen molar-refractivity contribution < 1.29 is 76.2 Å². The Hall–Kier alpha value is -4.09. The fraction of sp³-hybridized carbons (Fsp3) is 0.312. The predicted octanol–water partition coefficient (Wildman–Crippen LogP) is 9.75. The van der Waals surface area contributed by atoms with Crippen molar-refractivity contribution in [2.75, 3.05) is 7.11 Å². The molecule has 0 bridgehead atoms. The third kappa shape index (κ3) is 30.0. The fourth-order valence-corrected chi connectivity index (χ4v) is 8.74. The van der Waals surface area contributed by atoms with Gasteiger partial charge in [-0.2, -0.15) is 0 Å². The summed E-state index contributed by atoms with van der Waals surface area (Å²) in [6.45, 7) is 36.2. The standard InChI is InChI=1S/C25H41NO4Si.C18H15P.5CO.2Fe/c1-21(30-31(6,7)25(2,3)4)16-12-9-8-10-14-18-23-20-22(26-29-23)17-13-11-15-19-24(27)28-5;1-4-10-16(11-5-1)19(17-12-6-2-7-13-17)18-14-8-3-9-15-18;5*1-2;;/h8,10-11,13-15,18-19,21,23H,9,12,16-17,20H2,1-7H3;1-15H;;;;;;;/b10-8+,13-11-,18-14+,19-15+;;;;;;;;/t21-,23?;;;;;;;;/m1......../s1. The summed E-state index contributed by atoms with van der Waals surface area (Å²) in [4.78, 5) is 16.4. The molecule has 0 saturated carbocycles. The van der Waals surface area contributed by atoms with Crippen molar-refractivity contribution >= 4 is 43.8 Å². The number of unbranched alkanes of at least 4 members (excludes halogenated alkanes) is 1. The molecule has 0 spiro atoms. The van der Waals surface area contributed by atoms with E-state index in [-0.39, 0.29) is 51.2 Å². The van der Waals surface area contributed by atoms with Crippen molar-refractivity contribution in [3.8, 4) is 0 Å². The number of benzene rings is 3. The molecule has 1 aliphatic rings. The number of carbonyl (C=O) groups is 1. The van der Waals surface area contributed by atoms with Gasteiger partial charge in [-0.05, 0) is 74.2 Å². The van der Waals surface area contributed by atoms with Gasteiger partial charge in [0, 0.05) is 59.2 Å². The fourth-order valence-electron chi connectivity index (χ4n) is 4.96. The smallest absolute Gasteiger partial charge is 0 e. The molecule has 0 fully saturated rings. The normalized spacial score (nSPS) is 12.9. The van der Waals surface area contributed by atoms with Crippen molar-refractivity contribution in [2.24, 2.45) is 5.16 Å². The van der Waals surface area contributed by atoms with Crippen LogP contribution < -0.4 is 15.9 Å². The van der Waals surface area contributed by atoms with Crippen LogP contribution in [0.1, 0.15) is 59.8 Å². The van der Waals surface area contributed by atoms with E-state index in [1.807, 2.05) is 24.3 Å². The van der Waals surface area contributed by atoms with Gasteiger partial charge in [-0.25, -0.2) is 4.79 Å². The molecule has 0 amide bonds. The van der Waals surface area contributed by atoms with Gasteiger partial charge >= 0.3 is 62.5 Å². The van der Waals surface area contributed by atoms with Gasteiger partial charge in [-0.1, -0.05) is 153 Å². The van der Waals surface area contributed by atoms with E-state index in [9.17, 15) is 4.79 Å². The van der Waals surface area contributed by atoms with Gasteiger partial charge in [0.05, 0.1) is 12.8 Å². The molecule has 10 nitrogen and oxygen atoms in total. The molecular weight excluding hydrogens is 905 g/mol. The first-order valence-corrected chi connectivity index (χ1v) is 22.9. The average molecular weight is 962 g/mol. The summed E-state index contributed by atoms with van der Waals surface area (Å²) >= 11 is 0. The van der Waals surface area contributed by atoms with Crippen molar-refractivity contribution in [3.63, 3.8) is 0 Å². The third-order valence-electron chi connectivity index (χ3n) is 8.69. The van der Waals surface area contributed by atoms with Crippen molar-refractivity contribution in [3.05, 3.63) is 173 Å². The van der Waals surface area contributed by atoms with E-state index >= 15 is 0 Å². The number of oxime groups is 1. The molecule has 0 aromatic heterocycles. The molecule has 0 aliphatic carbocycles. The topological polar surface area (TPSA) is 157 Å². The van der Waals surface area contributed by atoms with Crippen LogP contribution in [0.25, 0.3) is 0 Å². The second kappa shape index (κ2) is 43.6. The van der Waals surface area contributed by atoms with Crippen LogP contribution in [0, 0.1) is 33.3 Å². The van der Waals surface area contributed by atoms with Gasteiger partial charge in [-0.3, -0.25) is 0 Å². The largest absolute Gasteiger partial charge is 0.0622 e. The first-order valence-electron chi connectivity index (χ1n) is 18.6. The van der Waals surface area contributed by atoms with E-state index in [1.165, 1.54) is 29.1 Å². The summed E-state index contributed by atoms with van der Waals surface area (Å²) in [6, 6.07) is 32.3. The molecule has 3 aromatic carbocycles. The van der Waals surface area contributed by atoms with E-state index in [0.29, 0.717) is 12.5 Å². The van der Waals surface area contributed by atoms with E-state index in [4.69, 9.17) is 32.5 Å². The van der Waals surface area contributed by atoms with Crippen LogP contribution in [0.15, 0.2) is 145 Å². The van der Waals surface area contributed by atoms with Crippen LogP contribution in [0.3, 0.4) is 0 Å². The Morgan fingerprint density at radius 3 is 1.63 bits per heavy atom. The Kier molecular flexibility index (Phi) is 47.1. The Balaban J connectivity index is -0.000000299. The molecule has 332 valence electrons. The number of allylic oxidation sites excluding steroid dienone is 6. The number of ether oxygens (including phenoxy) is 1. The first-order chi connectivity index (χ1) is 29.0. The van der Waals surface area contributed by atoms with E-state index < -0.39 is 16.2 Å². The Morgan fingerprint density at radius 2 is 1.21 bits per heavy atom. The zero-order valence-electron chi connectivity index (χ0n) is 36.2. The molecule has 2 atom stereocenters. The van der Waals surface area contributed by atoms with E-state index in [1.54, 1.807) is 6.08 Å². The maximum Gasteiger partial charge on any atom is 0 e. The maximum absolute atomic E-state index is 11.0. The molecule has 0 saturated heterocycles. The maximum atomic E-state index is 11.0. The van der Waals surface area contributed by atoms with Gasteiger partial charge in [0.2, 0.25) is 0 Å². The zero-order valence-corrected chi connectivity index (χ0v) is 40.3. The van der Waals surface area contributed by atoms with Crippen molar-refractivity contribution in [1.82, 2.24) is 0 Å². The van der Waals surface area contributed by atoms with Crippen LogP contribution in [-0.4, -0.2) is 39.3 Å². The molecule has 62 heavy (non-hydrogen) atoms. The van der Waals surface area contributed by atoms with Gasteiger partial charge < -0.3 is 14.0 Å². The van der Waals surface area contributed by atoms with Crippen LogP contribution in [0.5, 0.6) is 0 Å². The Labute approximate surface area is 393 Å². The van der Waals surface area contributed by atoms with E-state index in [2.05, 4.69) is 187 Å². The summed E-state index contributed by atoms with van der Waals surface area (Å²) in [5, 5.41) is 8.58. The zero-order chi connectivity index (χ0) is 46.2. The van der Waals surface area contributed by atoms with Crippen LogP contribution >= 0.6 is 7.92 Å². The van der Waals surface area contributed by atoms with E-state index in [0.717, 1.165) is 31.4 Å². The van der Waals surface area contributed by atoms with Crippen molar-refractivity contribution in [1.29, 1.82) is 0 Å². The Bertz CT molecular complexity index is 1690. The molecule has 1 heterocycles. The number of methoxy groups -OCH3 is 1. The molecular formula is C48H56Fe2NO9PSi. The number of nitrogens with zero attached hydrogens (tertiary/aromatic N) is 1. The Morgan fingerprint density at radius 1 is 0.774 bits per heavy atom. The second-order valence-electron chi connectivity index (χ2n) is 13.8. The van der Waals surface area contributed by atoms with Crippen LogP contribution in [-0.2, 0) is 76.2 Å². The SMILES string of the molecule is COC(=O)/C=C/C=C\CC1=NOC(/C=C/C=C/CCC[C@@H](C)O[Si](C)(C)C(C)(C)C)C1.[C-]#[O+].[C-]#[O+].[C-]#[O+].[C-]#[O+].[C-]#[O+].[Fe].[Fe].c1ccc(P(c2ccccc2)c2ccccc2)cc1. The summed E-state index contributed by atoms with van der Waals surface area (Å²) in [5.74, 6) is -0.363. The molecule has 3 aromatic rings. The second-order valence-corrected chi connectivity index (χ2v) is 20.8. The summed E-state index contributed by atoms with van der Waals surface area (Å²) < 4.78 is 48.4. The molecule has 14 heteroatoms. The monoisotopic (exact) mass is 961 g/mol. The van der Waals surface area contributed by atoms with Gasteiger partial charge in [-0.15, -0.1) is 0 Å². The molecule has 1 unspecified atom stereocenters. The predicted molar refractivity (Wildman–Crippen MR) is 237 cm³/mol. The van der Waals surface area contributed by atoms with Gasteiger partial charge in [0.15, 0.2) is 14.4 Å². The number of hydrogen-bond acceptors (Lipinski definition) is 5. The minimum Gasteiger partial charge on any atom is -0.0622 e. The summed E-state index contributed by atoms with van der Waals surface area (Å²) in [5.41, 5.74) is 0.997.